The molecule has 0 fully saturated rings. The van der Waals surface area contributed by atoms with E-state index in [4.69, 9.17) is 4.74 Å². The topological polar surface area (TPSA) is 44.1 Å². The Morgan fingerprint density at radius 2 is 2.26 bits per heavy atom. The summed E-state index contributed by atoms with van der Waals surface area (Å²) >= 11 is 0. The van der Waals surface area contributed by atoms with Crippen molar-refractivity contribution in [3.63, 3.8) is 0 Å². The quantitative estimate of drug-likeness (QED) is 0.748. The Morgan fingerprint density at radius 3 is 3.00 bits per heavy atom. The normalized spacial score (nSPS) is 10.4. The molecule has 100 valence electrons. The molecule has 2 rings (SSSR count). The van der Waals surface area contributed by atoms with Crippen LogP contribution in [-0.4, -0.2) is 22.4 Å². The maximum atomic E-state index is 12.2. The Kier molecular flexibility index (Phi) is 4.34. The van der Waals surface area contributed by atoms with Gasteiger partial charge in [0.15, 0.2) is 5.82 Å². The standard InChI is InChI=1S/C15H18N2O2/c1-3-8-17-9-7-16-15(17)14(18)11-12-5-4-6-13(10-12)19-2/h4-7,9-10H,3,8,11H2,1-2H3. The van der Waals surface area contributed by atoms with Gasteiger partial charge in [-0.05, 0) is 24.1 Å². The van der Waals surface area contributed by atoms with Crippen LogP contribution in [-0.2, 0) is 13.0 Å². The van der Waals surface area contributed by atoms with Gasteiger partial charge >= 0.3 is 0 Å². The molecule has 0 unspecified atom stereocenters. The number of nitrogens with zero attached hydrogens (tertiary/aromatic N) is 2. The second-order valence-corrected chi connectivity index (χ2v) is 4.40. The predicted molar refractivity (Wildman–Crippen MR) is 73.5 cm³/mol. The lowest BCUT2D eigenvalue weighted by molar-refractivity contribution is 0.0979. The highest BCUT2D eigenvalue weighted by Crippen LogP contribution is 2.14. The first kappa shape index (κ1) is 13.3. The van der Waals surface area contributed by atoms with E-state index in [-0.39, 0.29) is 5.78 Å². The Balaban J connectivity index is 2.13. The van der Waals surface area contributed by atoms with Gasteiger partial charge in [-0.1, -0.05) is 19.1 Å². The van der Waals surface area contributed by atoms with E-state index in [1.807, 2.05) is 35.0 Å². The van der Waals surface area contributed by atoms with Crippen LogP contribution < -0.4 is 4.74 Å². The number of ether oxygens (including phenoxy) is 1. The summed E-state index contributed by atoms with van der Waals surface area (Å²) in [4.78, 5) is 16.4. The Morgan fingerprint density at radius 1 is 1.42 bits per heavy atom. The molecule has 0 saturated carbocycles. The van der Waals surface area contributed by atoms with Crippen LogP contribution >= 0.6 is 0 Å². The molecule has 4 heteroatoms. The number of benzene rings is 1. The van der Waals surface area contributed by atoms with Crippen LogP contribution in [0.2, 0.25) is 0 Å². The van der Waals surface area contributed by atoms with Crippen molar-refractivity contribution in [2.24, 2.45) is 0 Å². The van der Waals surface area contributed by atoms with E-state index in [2.05, 4.69) is 11.9 Å². The van der Waals surface area contributed by atoms with Crippen LogP contribution in [0.3, 0.4) is 0 Å². The van der Waals surface area contributed by atoms with E-state index in [1.165, 1.54) is 0 Å². The first-order valence-electron chi connectivity index (χ1n) is 6.42. The van der Waals surface area contributed by atoms with E-state index < -0.39 is 0 Å². The van der Waals surface area contributed by atoms with Crippen molar-refractivity contribution >= 4 is 5.78 Å². The van der Waals surface area contributed by atoms with Crippen LogP contribution in [0.4, 0.5) is 0 Å². The zero-order chi connectivity index (χ0) is 13.7. The number of hydrogen-bond donors (Lipinski definition) is 0. The molecule has 2 aromatic rings. The number of aryl methyl sites for hydroxylation is 1. The zero-order valence-corrected chi connectivity index (χ0v) is 11.3. The third kappa shape index (κ3) is 3.22. The summed E-state index contributed by atoms with van der Waals surface area (Å²) in [6.45, 7) is 2.90. The number of carbonyl (C=O) groups is 1. The van der Waals surface area contributed by atoms with Gasteiger partial charge in [0, 0.05) is 25.4 Å². The summed E-state index contributed by atoms with van der Waals surface area (Å²) < 4.78 is 7.06. The Labute approximate surface area is 113 Å². The van der Waals surface area contributed by atoms with Crippen LogP contribution in [0.25, 0.3) is 0 Å². The SMILES string of the molecule is CCCn1ccnc1C(=O)Cc1cccc(OC)c1. The molecule has 0 bridgehead atoms. The van der Waals surface area contributed by atoms with Crippen LogP contribution in [0.5, 0.6) is 5.75 Å². The molecule has 0 aliphatic carbocycles. The molecule has 0 aliphatic rings. The molecule has 0 N–H and O–H groups in total. The van der Waals surface area contributed by atoms with Gasteiger partial charge in [0.05, 0.1) is 7.11 Å². The third-order valence-corrected chi connectivity index (χ3v) is 2.93. The van der Waals surface area contributed by atoms with Gasteiger partial charge in [0.2, 0.25) is 5.78 Å². The van der Waals surface area contributed by atoms with Crippen LogP contribution in [0.1, 0.15) is 29.5 Å². The average molecular weight is 258 g/mol. The second-order valence-electron chi connectivity index (χ2n) is 4.40. The molecule has 1 aromatic carbocycles. The summed E-state index contributed by atoms with van der Waals surface area (Å²) in [5.41, 5.74) is 0.940. The van der Waals surface area contributed by atoms with Crippen molar-refractivity contribution in [3.8, 4) is 5.75 Å². The molecular formula is C15H18N2O2. The molecule has 0 radical (unpaired) electrons. The fourth-order valence-electron chi connectivity index (χ4n) is 2.03. The summed E-state index contributed by atoms with van der Waals surface area (Å²) in [6, 6.07) is 7.56. The Bertz CT molecular complexity index is 561. The number of methoxy groups -OCH3 is 1. The molecule has 1 heterocycles. The number of rotatable bonds is 6. The average Bonchev–Trinajstić information content (AvgIpc) is 2.88. The van der Waals surface area contributed by atoms with Crippen molar-refractivity contribution in [2.75, 3.05) is 7.11 Å². The zero-order valence-electron chi connectivity index (χ0n) is 11.3. The number of ketones is 1. The maximum absolute atomic E-state index is 12.2. The number of aromatic nitrogens is 2. The van der Waals surface area contributed by atoms with Gasteiger partial charge in [0.25, 0.3) is 0 Å². The summed E-state index contributed by atoms with van der Waals surface area (Å²) in [7, 11) is 1.62. The third-order valence-electron chi connectivity index (χ3n) is 2.93. The monoisotopic (exact) mass is 258 g/mol. The van der Waals surface area contributed by atoms with Gasteiger partial charge in [-0.15, -0.1) is 0 Å². The Hall–Kier alpha value is -2.10. The van der Waals surface area contributed by atoms with Gasteiger partial charge in [-0.2, -0.15) is 0 Å². The lowest BCUT2D eigenvalue weighted by Gasteiger charge is -2.06. The van der Waals surface area contributed by atoms with E-state index in [1.54, 1.807) is 13.3 Å². The first-order chi connectivity index (χ1) is 9.24. The van der Waals surface area contributed by atoms with Crippen molar-refractivity contribution < 1.29 is 9.53 Å². The highest BCUT2D eigenvalue weighted by molar-refractivity contribution is 5.94. The molecule has 0 aliphatic heterocycles. The number of hydrogen-bond acceptors (Lipinski definition) is 3. The summed E-state index contributed by atoms with van der Waals surface area (Å²) in [6.07, 6.45) is 4.85. The maximum Gasteiger partial charge on any atom is 0.202 e. The second kappa shape index (κ2) is 6.18. The summed E-state index contributed by atoms with van der Waals surface area (Å²) in [5.74, 6) is 1.33. The minimum atomic E-state index is 0.0340. The van der Waals surface area contributed by atoms with Crippen molar-refractivity contribution in [2.45, 2.75) is 26.3 Å². The van der Waals surface area contributed by atoms with E-state index in [9.17, 15) is 4.79 Å². The molecule has 1 aromatic heterocycles. The van der Waals surface area contributed by atoms with E-state index >= 15 is 0 Å². The number of imidazole rings is 1. The molecule has 0 spiro atoms. The van der Waals surface area contributed by atoms with Crippen LogP contribution in [0, 0.1) is 0 Å². The molecule has 4 nitrogen and oxygen atoms in total. The minimum absolute atomic E-state index is 0.0340. The predicted octanol–water partition coefficient (Wildman–Crippen LogP) is 2.73. The first-order valence-corrected chi connectivity index (χ1v) is 6.42. The lowest BCUT2D eigenvalue weighted by Crippen LogP contribution is -2.12. The molecule has 0 atom stereocenters. The highest BCUT2D eigenvalue weighted by atomic mass is 16.5. The fourth-order valence-corrected chi connectivity index (χ4v) is 2.03. The number of carbonyl (C=O) groups excluding carboxylic acids is 1. The molecule has 19 heavy (non-hydrogen) atoms. The number of Topliss-reactive ketones (excluding diaryl/α,β-unsaturated/α-hetero) is 1. The van der Waals surface area contributed by atoms with Gasteiger partial charge < -0.3 is 9.30 Å². The van der Waals surface area contributed by atoms with Crippen LogP contribution in [0.15, 0.2) is 36.7 Å². The molecule has 0 amide bonds. The van der Waals surface area contributed by atoms with E-state index in [0.717, 1.165) is 24.3 Å². The van der Waals surface area contributed by atoms with Gasteiger partial charge in [-0.3, -0.25) is 4.79 Å². The smallest absolute Gasteiger partial charge is 0.202 e. The minimum Gasteiger partial charge on any atom is -0.497 e. The molecule has 0 saturated heterocycles. The lowest BCUT2D eigenvalue weighted by atomic mass is 10.1. The van der Waals surface area contributed by atoms with Crippen molar-refractivity contribution in [1.82, 2.24) is 9.55 Å². The fraction of sp³-hybridized carbons (Fsp3) is 0.333. The highest BCUT2D eigenvalue weighted by Gasteiger charge is 2.13. The summed E-state index contributed by atoms with van der Waals surface area (Å²) in [5, 5.41) is 0. The van der Waals surface area contributed by atoms with Crippen molar-refractivity contribution in [3.05, 3.63) is 48.0 Å². The molecular weight excluding hydrogens is 240 g/mol. The van der Waals surface area contributed by atoms with Gasteiger partial charge in [0.1, 0.15) is 5.75 Å². The van der Waals surface area contributed by atoms with E-state index in [0.29, 0.717) is 12.2 Å². The van der Waals surface area contributed by atoms with Crippen molar-refractivity contribution in [1.29, 1.82) is 0 Å². The largest absolute Gasteiger partial charge is 0.497 e. The van der Waals surface area contributed by atoms with Gasteiger partial charge in [-0.25, -0.2) is 4.98 Å².